The Morgan fingerprint density at radius 2 is 1.89 bits per heavy atom. The van der Waals surface area contributed by atoms with E-state index in [1.165, 1.54) is 5.56 Å². The van der Waals surface area contributed by atoms with E-state index in [0.717, 1.165) is 48.4 Å². The SMILES string of the molecule is Cc1ccc(C(O)N2CCC(c3ccc(C#N)cc3)CC2)cc1NC1=CN=CC(C(=O)NC(C)C)C1. The molecule has 0 saturated carbocycles. The van der Waals surface area contributed by atoms with Crippen LogP contribution in [0.15, 0.2) is 59.4 Å². The highest BCUT2D eigenvalue weighted by Gasteiger charge is 2.26. The molecule has 1 amide bonds. The van der Waals surface area contributed by atoms with Crippen molar-refractivity contribution in [2.75, 3.05) is 18.4 Å². The van der Waals surface area contributed by atoms with Crippen LogP contribution in [0, 0.1) is 24.2 Å². The molecule has 1 fully saturated rings. The third-order valence-corrected chi connectivity index (χ3v) is 6.95. The molecule has 4 rings (SSSR count). The first-order valence-electron chi connectivity index (χ1n) is 12.7. The number of aliphatic hydroxyl groups is 1. The van der Waals surface area contributed by atoms with Crippen LogP contribution in [-0.2, 0) is 4.79 Å². The Kier molecular flexibility index (Phi) is 8.19. The molecule has 2 aliphatic heterocycles. The van der Waals surface area contributed by atoms with Crippen molar-refractivity contribution in [3.05, 3.63) is 76.6 Å². The van der Waals surface area contributed by atoms with E-state index < -0.39 is 6.23 Å². The molecule has 188 valence electrons. The first-order valence-corrected chi connectivity index (χ1v) is 12.7. The molecule has 7 heteroatoms. The number of nitriles is 1. The Balaban J connectivity index is 1.38. The van der Waals surface area contributed by atoms with E-state index in [2.05, 4.69) is 26.6 Å². The van der Waals surface area contributed by atoms with Crippen molar-refractivity contribution in [3.8, 4) is 6.07 Å². The van der Waals surface area contributed by atoms with Crippen molar-refractivity contribution in [3.63, 3.8) is 0 Å². The zero-order chi connectivity index (χ0) is 25.7. The van der Waals surface area contributed by atoms with E-state index >= 15 is 0 Å². The number of aliphatic imine (C=N–C) groups is 1. The average Bonchev–Trinajstić information content (AvgIpc) is 2.89. The fourth-order valence-electron chi connectivity index (χ4n) is 4.84. The second-order valence-corrected chi connectivity index (χ2v) is 10.0. The van der Waals surface area contributed by atoms with Gasteiger partial charge in [-0.3, -0.25) is 14.7 Å². The van der Waals surface area contributed by atoms with Crippen molar-refractivity contribution in [1.29, 1.82) is 5.26 Å². The van der Waals surface area contributed by atoms with Gasteiger partial charge in [0.25, 0.3) is 0 Å². The zero-order valence-electron chi connectivity index (χ0n) is 21.2. The number of benzene rings is 2. The predicted octanol–water partition coefficient (Wildman–Crippen LogP) is 4.61. The lowest BCUT2D eigenvalue weighted by molar-refractivity contribution is -0.123. The van der Waals surface area contributed by atoms with E-state index in [9.17, 15) is 9.90 Å². The molecular weight excluding hydrogens is 450 g/mol. The van der Waals surface area contributed by atoms with Gasteiger partial charge in [-0.25, -0.2) is 0 Å². The van der Waals surface area contributed by atoms with Crippen LogP contribution >= 0.6 is 0 Å². The number of anilines is 1. The molecule has 1 saturated heterocycles. The Morgan fingerprint density at radius 3 is 2.56 bits per heavy atom. The summed E-state index contributed by atoms with van der Waals surface area (Å²) < 4.78 is 0. The summed E-state index contributed by atoms with van der Waals surface area (Å²) in [5.41, 5.74) is 5.62. The summed E-state index contributed by atoms with van der Waals surface area (Å²) >= 11 is 0. The highest BCUT2D eigenvalue weighted by Crippen LogP contribution is 2.33. The first kappa shape index (κ1) is 25.6. The molecule has 0 aliphatic carbocycles. The summed E-state index contributed by atoms with van der Waals surface area (Å²) in [4.78, 5) is 18.8. The molecule has 2 heterocycles. The van der Waals surface area contributed by atoms with Gasteiger partial charge in [0, 0.05) is 49.4 Å². The Hall–Kier alpha value is -3.47. The number of nitrogens with one attached hydrogen (secondary N) is 2. The van der Waals surface area contributed by atoms with Crippen molar-refractivity contribution >= 4 is 17.8 Å². The molecule has 0 aromatic heterocycles. The van der Waals surface area contributed by atoms with Crippen LogP contribution in [0.2, 0.25) is 0 Å². The number of amides is 1. The highest BCUT2D eigenvalue weighted by atomic mass is 16.3. The third kappa shape index (κ3) is 6.20. The maximum Gasteiger partial charge on any atom is 0.229 e. The minimum atomic E-state index is -0.684. The van der Waals surface area contributed by atoms with Crippen LogP contribution in [0.3, 0.4) is 0 Å². The Bertz CT molecular complexity index is 1170. The maximum absolute atomic E-state index is 12.4. The summed E-state index contributed by atoms with van der Waals surface area (Å²) in [5, 5.41) is 26.6. The Labute approximate surface area is 213 Å². The molecule has 2 aromatic rings. The van der Waals surface area contributed by atoms with Gasteiger partial charge < -0.3 is 15.7 Å². The molecule has 0 bridgehead atoms. The third-order valence-electron chi connectivity index (χ3n) is 6.95. The smallest absolute Gasteiger partial charge is 0.229 e. The normalized spacial score (nSPS) is 19.4. The number of hydrogen-bond donors (Lipinski definition) is 3. The first-order chi connectivity index (χ1) is 17.3. The highest BCUT2D eigenvalue weighted by molar-refractivity contribution is 5.94. The zero-order valence-corrected chi connectivity index (χ0v) is 21.2. The quantitative estimate of drug-likeness (QED) is 0.532. The van der Waals surface area contributed by atoms with Gasteiger partial charge in [-0.15, -0.1) is 0 Å². The molecule has 7 nitrogen and oxygen atoms in total. The number of hydrogen-bond acceptors (Lipinski definition) is 6. The van der Waals surface area contributed by atoms with Gasteiger partial charge in [-0.05, 0) is 74.4 Å². The van der Waals surface area contributed by atoms with Crippen LogP contribution in [0.1, 0.15) is 67.5 Å². The summed E-state index contributed by atoms with van der Waals surface area (Å²) in [7, 11) is 0. The van der Waals surface area contributed by atoms with Crippen LogP contribution in [0.25, 0.3) is 0 Å². The van der Waals surface area contributed by atoms with Crippen LogP contribution in [0.5, 0.6) is 0 Å². The summed E-state index contributed by atoms with van der Waals surface area (Å²) in [6.45, 7) is 7.52. The summed E-state index contributed by atoms with van der Waals surface area (Å²) in [6.07, 6.45) is 5.25. The largest absolute Gasteiger partial charge is 0.374 e. The van der Waals surface area contributed by atoms with Crippen molar-refractivity contribution < 1.29 is 9.90 Å². The lowest BCUT2D eigenvalue weighted by Gasteiger charge is -2.35. The van der Waals surface area contributed by atoms with E-state index in [4.69, 9.17) is 5.26 Å². The minimum Gasteiger partial charge on any atom is -0.374 e. The maximum atomic E-state index is 12.4. The standard InChI is InChI=1S/C29H35N5O2/c1-19(2)32-28(35)25-14-26(18-31-17-25)33-27-15-24(7-4-20(27)3)29(36)34-12-10-23(11-13-34)22-8-5-21(16-30)6-9-22/h4-9,15,17-19,23,25,29,33,36H,10-14H2,1-3H3,(H,32,35). The number of nitrogens with zero attached hydrogens (tertiary/aromatic N) is 3. The number of aryl methyl sites for hydroxylation is 1. The van der Waals surface area contributed by atoms with E-state index in [1.807, 2.05) is 63.2 Å². The van der Waals surface area contributed by atoms with Gasteiger partial charge >= 0.3 is 0 Å². The van der Waals surface area contributed by atoms with Gasteiger partial charge in [-0.1, -0.05) is 24.3 Å². The number of carbonyl (C=O) groups is 1. The van der Waals surface area contributed by atoms with Gasteiger partial charge in [0.2, 0.25) is 5.91 Å². The molecular formula is C29H35N5O2. The van der Waals surface area contributed by atoms with Gasteiger partial charge in [0.15, 0.2) is 0 Å². The van der Waals surface area contributed by atoms with Gasteiger partial charge in [0.1, 0.15) is 6.23 Å². The summed E-state index contributed by atoms with van der Waals surface area (Å²) in [5.74, 6) is 0.119. The molecule has 3 N–H and O–H groups in total. The van der Waals surface area contributed by atoms with Crippen molar-refractivity contribution in [2.24, 2.45) is 10.9 Å². The average molecular weight is 486 g/mol. The van der Waals surface area contributed by atoms with Crippen LogP contribution in [-0.4, -0.2) is 41.3 Å². The number of likely N-dealkylation sites (tertiary alicyclic amines) is 1. The molecule has 36 heavy (non-hydrogen) atoms. The molecule has 2 aliphatic rings. The van der Waals surface area contributed by atoms with Crippen LogP contribution < -0.4 is 10.6 Å². The number of aliphatic hydroxyl groups excluding tert-OH is 1. The second-order valence-electron chi connectivity index (χ2n) is 10.0. The predicted molar refractivity (Wildman–Crippen MR) is 142 cm³/mol. The molecule has 0 spiro atoms. The fraction of sp³-hybridized carbons (Fsp3) is 0.414. The second kappa shape index (κ2) is 11.5. The van der Waals surface area contributed by atoms with Gasteiger partial charge in [0.05, 0.1) is 17.6 Å². The topological polar surface area (TPSA) is 101 Å². The minimum absolute atomic E-state index is 0.0218. The molecule has 0 radical (unpaired) electrons. The lowest BCUT2D eigenvalue weighted by atomic mass is 9.88. The fourth-order valence-corrected chi connectivity index (χ4v) is 4.84. The number of carbonyl (C=O) groups excluding carboxylic acids is 1. The molecule has 2 aromatic carbocycles. The monoisotopic (exact) mass is 485 g/mol. The van der Waals surface area contributed by atoms with Crippen molar-refractivity contribution in [1.82, 2.24) is 10.2 Å². The van der Waals surface area contributed by atoms with Gasteiger partial charge in [-0.2, -0.15) is 5.26 Å². The molecule has 2 unspecified atom stereocenters. The number of piperidine rings is 1. The van der Waals surface area contributed by atoms with E-state index in [0.29, 0.717) is 17.9 Å². The Morgan fingerprint density at radius 1 is 1.17 bits per heavy atom. The van der Waals surface area contributed by atoms with E-state index in [1.54, 1.807) is 12.4 Å². The van der Waals surface area contributed by atoms with E-state index in [-0.39, 0.29) is 17.9 Å². The number of allylic oxidation sites excluding steroid dienone is 1. The van der Waals surface area contributed by atoms with Crippen molar-refractivity contribution in [2.45, 2.75) is 58.2 Å². The molecule has 2 atom stereocenters. The lowest BCUT2D eigenvalue weighted by Crippen LogP contribution is -2.37. The van der Waals surface area contributed by atoms with Crippen LogP contribution in [0.4, 0.5) is 5.69 Å². The number of rotatable bonds is 7. The summed E-state index contributed by atoms with van der Waals surface area (Å²) in [6, 6.07) is 16.1.